The van der Waals surface area contributed by atoms with Crippen LogP contribution in [0.4, 0.5) is 5.69 Å². The van der Waals surface area contributed by atoms with Crippen LogP contribution in [0, 0.1) is 5.41 Å². The number of nitrogens with zero attached hydrogens (tertiary/aromatic N) is 1. The lowest BCUT2D eigenvalue weighted by Gasteiger charge is -2.26. The van der Waals surface area contributed by atoms with E-state index >= 15 is 0 Å². The molecule has 1 aromatic carbocycles. The van der Waals surface area contributed by atoms with Gasteiger partial charge in [0.2, 0.25) is 0 Å². The molecule has 0 radical (unpaired) electrons. The molecule has 0 aliphatic carbocycles. The fraction of sp³-hybridized carbons (Fsp3) is 0.684. The monoisotopic (exact) mass is 288 g/mol. The van der Waals surface area contributed by atoms with E-state index in [4.69, 9.17) is 0 Å². The quantitative estimate of drug-likeness (QED) is 0.895. The van der Waals surface area contributed by atoms with Crippen molar-refractivity contribution in [3.63, 3.8) is 0 Å². The highest BCUT2D eigenvalue weighted by atomic mass is 15.2. The summed E-state index contributed by atoms with van der Waals surface area (Å²) in [6, 6.07) is 9.79. The molecule has 0 aromatic heterocycles. The molecule has 2 nitrogen and oxygen atoms in total. The molecule has 1 aliphatic rings. The fourth-order valence-electron chi connectivity index (χ4n) is 3.16. The maximum Gasteiger partial charge on any atom is 0.0366 e. The lowest BCUT2D eigenvalue weighted by atomic mass is 9.88. The third-order valence-electron chi connectivity index (χ3n) is 3.86. The van der Waals surface area contributed by atoms with Gasteiger partial charge >= 0.3 is 0 Å². The van der Waals surface area contributed by atoms with Gasteiger partial charge in [0, 0.05) is 30.4 Å². The molecule has 0 bridgehead atoms. The molecular formula is C19H32N2. The Bertz CT molecular complexity index is 448. The van der Waals surface area contributed by atoms with Crippen molar-refractivity contribution in [1.29, 1.82) is 0 Å². The van der Waals surface area contributed by atoms with Gasteiger partial charge in [-0.25, -0.2) is 0 Å². The molecule has 0 amide bonds. The molecule has 1 heterocycles. The number of hydrogen-bond acceptors (Lipinski definition) is 2. The fourth-order valence-corrected chi connectivity index (χ4v) is 3.16. The highest BCUT2D eigenvalue weighted by Crippen LogP contribution is 2.25. The average molecular weight is 288 g/mol. The van der Waals surface area contributed by atoms with Crippen LogP contribution in [0.15, 0.2) is 24.3 Å². The van der Waals surface area contributed by atoms with E-state index in [-0.39, 0.29) is 5.54 Å². The summed E-state index contributed by atoms with van der Waals surface area (Å²) in [5.74, 6) is 0. The molecule has 21 heavy (non-hydrogen) atoms. The molecule has 1 saturated heterocycles. The number of anilines is 1. The van der Waals surface area contributed by atoms with E-state index in [1.165, 1.54) is 17.7 Å². The summed E-state index contributed by atoms with van der Waals surface area (Å²) >= 11 is 0. The third-order valence-corrected chi connectivity index (χ3v) is 3.86. The Morgan fingerprint density at radius 3 is 2.19 bits per heavy atom. The summed E-state index contributed by atoms with van der Waals surface area (Å²) in [5, 5.41) is 3.72. The molecule has 0 saturated carbocycles. The minimum absolute atomic E-state index is 0.206. The van der Waals surface area contributed by atoms with Crippen LogP contribution < -0.4 is 10.2 Å². The highest BCUT2D eigenvalue weighted by Gasteiger charge is 2.25. The van der Waals surface area contributed by atoms with Gasteiger partial charge in [0.25, 0.3) is 0 Å². The maximum absolute atomic E-state index is 3.72. The van der Waals surface area contributed by atoms with Gasteiger partial charge in [-0.15, -0.1) is 0 Å². The molecule has 1 fully saturated rings. The Morgan fingerprint density at radius 2 is 1.67 bits per heavy atom. The lowest BCUT2D eigenvalue weighted by Crippen LogP contribution is -2.44. The van der Waals surface area contributed by atoms with E-state index in [0.717, 1.165) is 19.5 Å². The molecule has 1 N–H and O–H groups in total. The lowest BCUT2D eigenvalue weighted by molar-refractivity contribution is 0.373. The van der Waals surface area contributed by atoms with Crippen molar-refractivity contribution < 1.29 is 0 Å². The Kier molecular flexibility index (Phi) is 4.67. The Hall–Kier alpha value is -1.02. The maximum atomic E-state index is 3.72. The topological polar surface area (TPSA) is 15.3 Å². The van der Waals surface area contributed by atoms with Gasteiger partial charge in [-0.2, -0.15) is 0 Å². The molecule has 2 heteroatoms. The number of rotatable bonds is 3. The Balaban J connectivity index is 1.94. The van der Waals surface area contributed by atoms with Crippen molar-refractivity contribution in [3.05, 3.63) is 29.8 Å². The molecule has 118 valence electrons. The van der Waals surface area contributed by atoms with Gasteiger partial charge in [-0.3, -0.25) is 0 Å². The smallest absolute Gasteiger partial charge is 0.0366 e. The summed E-state index contributed by atoms with van der Waals surface area (Å²) in [4.78, 5) is 2.50. The zero-order chi connectivity index (χ0) is 15.7. The zero-order valence-electron chi connectivity index (χ0n) is 14.7. The van der Waals surface area contributed by atoms with E-state index in [9.17, 15) is 0 Å². The second-order valence-electron chi connectivity index (χ2n) is 8.73. The molecule has 0 spiro atoms. The van der Waals surface area contributed by atoms with Crippen LogP contribution in [0.25, 0.3) is 0 Å². The molecule has 2 rings (SSSR count). The van der Waals surface area contributed by atoms with E-state index in [0.29, 0.717) is 11.5 Å². The standard InChI is InChI=1S/C19H32N2/c1-18(2,3)13-15-7-9-17(10-8-15)21-12-11-16(14-21)20-19(4,5)6/h7-10,16,20H,11-14H2,1-6H3/t16-/m0/s1. The predicted octanol–water partition coefficient (Wildman–Crippen LogP) is 4.24. The van der Waals surface area contributed by atoms with Crippen molar-refractivity contribution in [2.24, 2.45) is 5.41 Å². The van der Waals surface area contributed by atoms with E-state index in [2.05, 4.69) is 76.0 Å². The van der Waals surface area contributed by atoms with Crippen molar-refractivity contribution in [1.82, 2.24) is 5.32 Å². The predicted molar refractivity (Wildman–Crippen MR) is 93.1 cm³/mol. The van der Waals surface area contributed by atoms with Gasteiger partial charge in [0.05, 0.1) is 0 Å². The molecule has 1 aliphatic heterocycles. The minimum atomic E-state index is 0.206. The number of nitrogens with one attached hydrogen (secondary N) is 1. The Labute approximate surface area is 130 Å². The largest absolute Gasteiger partial charge is 0.370 e. The van der Waals surface area contributed by atoms with Crippen molar-refractivity contribution in [2.45, 2.75) is 66.0 Å². The first-order chi connectivity index (χ1) is 9.62. The molecule has 1 atom stereocenters. The van der Waals surface area contributed by atoms with E-state index in [1.54, 1.807) is 0 Å². The second-order valence-corrected chi connectivity index (χ2v) is 8.73. The van der Waals surface area contributed by atoms with Crippen LogP contribution in [0.5, 0.6) is 0 Å². The average Bonchev–Trinajstić information content (AvgIpc) is 2.74. The zero-order valence-corrected chi connectivity index (χ0v) is 14.7. The molecule has 1 aromatic rings. The van der Waals surface area contributed by atoms with Gasteiger partial charge < -0.3 is 10.2 Å². The first-order valence-corrected chi connectivity index (χ1v) is 8.24. The van der Waals surface area contributed by atoms with Crippen LogP contribution in [0.3, 0.4) is 0 Å². The highest BCUT2D eigenvalue weighted by molar-refractivity contribution is 5.49. The summed E-state index contributed by atoms with van der Waals surface area (Å²) in [6.45, 7) is 15.9. The SMILES string of the molecule is CC(C)(C)Cc1ccc(N2CC[C@H](NC(C)(C)C)C2)cc1. The third kappa shape index (κ3) is 5.35. The van der Waals surface area contributed by atoms with E-state index < -0.39 is 0 Å². The van der Waals surface area contributed by atoms with Crippen molar-refractivity contribution in [3.8, 4) is 0 Å². The second kappa shape index (κ2) is 6.00. The molecular weight excluding hydrogens is 256 g/mol. The van der Waals surface area contributed by atoms with Crippen LogP contribution in [-0.4, -0.2) is 24.7 Å². The van der Waals surface area contributed by atoms with Crippen LogP contribution >= 0.6 is 0 Å². The summed E-state index contributed by atoms with van der Waals surface area (Å²) < 4.78 is 0. The van der Waals surface area contributed by atoms with Crippen molar-refractivity contribution in [2.75, 3.05) is 18.0 Å². The summed E-state index contributed by atoms with van der Waals surface area (Å²) in [6.07, 6.45) is 2.38. The van der Waals surface area contributed by atoms with Gasteiger partial charge in [-0.1, -0.05) is 32.9 Å². The number of hydrogen-bond donors (Lipinski definition) is 1. The van der Waals surface area contributed by atoms with E-state index in [1.807, 2.05) is 0 Å². The summed E-state index contributed by atoms with van der Waals surface area (Å²) in [7, 11) is 0. The van der Waals surface area contributed by atoms with Gasteiger partial charge in [-0.05, 0) is 56.7 Å². The minimum Gasteiger partial charge on any atom is -0.370 e. The first-order valence-electron chi connectivity index (χ1n) is 8.24. The molecule has 0 unspecified atom stereocenters. The number of benzene rings is 1. The summed E-state index contributed by atoms with van der Waals surface area (Å²) in [5.41, 5.74) is 3.37. The first kappa shape index (κ1) is 16.4. The normalized spacial score (nSPS) is 20.1. The van der Waals surface area contributed by atoms with Gasteiger partial charge in [0.1, 0.15) is 0 Å². The van der Waals surface area contributed by atoms with Gasteiger partial charge in [0.15, 0.2) is 0 Å². The van der Waals surface area contributed by atoms with Crippen molar-refractivity contribution >= 4 is 5.69 Å². The van der Waals surface area contributed by atoms with Crippen LogP contribution in [0.2, 0.25) is 0 Å². The van der Waals surface area contributed by atoms with Crippen LogP contribution in [0.1, 0.15) is 53.5 Å². The Morgan fingerprint density at radius 1 is 1.05 bits per heavy atom. The van der Waals surface area contributed by atoms with Crippen LogP contribution in [-0.2, 0) is 6.42 Å².